The van der Waals surface area contributed by atoms with Crippen molar-refractivity contribution >= 4 is 28.9 Å². The molecule has 1 aromatic carbocycles. The SMILES string of the molecule is CN(C)[C@@H]1C(=O)C(C(N)=O)=C(O)[C@@]2(O)C(=O)C3=C(O)c4cccc(N)c4C[C@H]3C[C@@H]12. The third-order valence-corrected chi connectivity index (χ3v) is 6.54. The number of hydrogen-bond donors (Lipinski definition) is 5. The zero-order valence-electron chi connectivity index (χ0n) is 16.5. The third kappa shape index (κ3) is 2.39. The molecule has 7 N–H and O–H groups in total. The van der Waals surface area contributed by atoms with Crippen molar-refractivity contribution in [2.45, 2.75) is 24.5 Å². The van der Waals surface area contributed by atoms with Gasteiger partial charge in [0.05, 0.1) is 6.04 Å². The van der Waals surface area contributed by atoms with Crippen LogP contribution in [0.2, 0.25) is 0 Å². The standard InChI is InChI=1S/C21H23N3O6/c1-24(2)15-11-7-8-6-10-9(4-3-5-12(10)22)16(25)13(8)18(27)21(11,30)19(28)14(17(15)26)20(23)29/h3-5,8,11,15,25,28,30H,6-7,22H2,1-2H3,(H2,23,29)/t8-,11-,15-,21-/m0/s1. The average Bonchev–Trinajstić information content (AvgIpc) is 2.65. The van der Waals surface area contributed by atoms with Crippen molar-refractivity contribution in [3.8, 4) is 0 Å². The van der Waals surface area contributed by atoms with Crippen LogP contribution in [0.15, 0.2) is 35.1 Å². The number of nitrogens with zero attached hydrogens (tertiary/aromatic N) is 1. The van der Waals surface area contributed by atoms with Gasteiger partial charge in [0.2, 0.25) is 5.78 Å². The molecule has 0 aliphatic heterocycles. The van der Waals surface area contributed by atoms with Gasteiger partial charge in [-0.3, -0.25) is 19.3 Å². The Labute approximate surface area is 172 Å². The number of benzene rings is 1. The Balaban J connectivity index is 1.98. The molecule has 0 aromatic heterocycles. The van der Waals surface area contributed by atoms with Crippen molar-refractivity contribution in [1.82, 2.24) is 4.90 Å². The summed E-state index contributed by atoms with van der Waals surface area (Å²) >= 11 is 0. The number of hydrogen-bond acceptors (Lipinski definition) is 8. The van der Waals surface area contributed by atoms with E-state index >= 15 is 0 Å². The number of nitrogens with two attached hydrogens (primary N) is 2. The van der Waals surface area contributed by atoms with Gasteiger partial charge in [-0.1, -0.05) is 12.1 Å². The number of anilines is 1. The minimum atomic E-state index is -2.55. The van der Waals surface area contributed by atoms with Crippen LogP contribution >= 0.6 is 0 Å². The fourth-order valence-electron chi connectivity index (χ4n) is 5.20. The quantitative estimate of drug-likeness (QED) is 0.329. The van der Waals surface area contributed by atoms with E-state index in [0.29, 0.717) is 23.2 Å². The van der Waals surface area contributed by atoms with Crippen molar-refractivity contribution in [3.63, 3.8) is 0 Å². The fraction of sp³-hybridized carbons (Fsp3) is 0.381. The Kier molecular flexibility index (Phi) is 4.30. The number of fused-ring (bicyclic) bond motifs is 3. The highest BCUT2D eigenvalue weighted by atomic mass is 16.3. The lowest BCUT2D eigenvalue weighted by molar-refractivity contribution is -0.153. The second kappa shape index (κ2) is 6.41. The van der Waals surface area contributed by atoms with Gasteiger partial charge in [0.1, 0.15) is 17.1 Å². The molecule has 0 radical (unpaired) electrons. The van der Waals surface area contributed by atoms with Gasteiger partial charge in [-0.15, -0.1) is 0 Å². The first-order chi connectivity index (χ1) is 14.0. The van der Waals surface area contributed by atoms with Crippen LogP contribution in [0.4, 0.5) is 5.69 Å². The van der Waals surface area contributed by atoms with Crippen LogP contribution in [0.5, 0.6) is 0 Å². The Morgan fingerprint density at radius 2 is 1.90 bits per heavy atom. The van der Waals surface area contributed by atoms with Gasteiger partial charge in [0, 0.05) is 22.7 Å². The predicted molar refractivity (Wildman–Crippen MR) is 107 cm³/mol. The van der Waals surface area contributed by atoms with E-state index in [4.69, 9.17) is 11.5 Å². The van der Waals surface area contributed by atoms with Gasteiger partial charge < -0.3 is 26.8 Å². The van der Waals surface area contributed by atoms with Crippen LogP contribution in [0.25, 0.3) is 5.76 Å². The van der Waals surface area contributed by atoms with E-state index in [9.17, 15) is 29.7 Å². The van der Waals surface area contributed by atoms with E-state index < -0.39 is 52.3 Å². The summed E-state index contributed by atoms with van der Waals surface area (Å²) in [6.45, 7) is 0. The van der Waals surface area contributed by atoms with Crippen LogP contribution in [-0.4, -0.2) is 63.4 Å². The number of rotatable bonds is 2. The Morgan fingerprint density at radius 3 is 2.50 bits per heavy atom. The summed E-state index contributed by atoms with van der Waals surface area (Å²) in [7, 11) is 3.15. The Hall–Kier alpha value is -3.17. The summed E-state index contributed by atoms with van der Waals surface area (Å²) in [5, 5.41) is 33.0. The maximum Gasteiger partial charge on any atom is 0.255 e. The highest BCUT2D eigenvalue weighted by Gasteiger charge is 2.64. The molecule has 4 rings (SSSR count). The van der Waals surface area contributed by atoms with Gasteiger partial charge in [-0.2, -0.15) is 0 Å². The van der Waals surface area contributed by atoms with Crippen molar-refractivity contribution in [3.05, 3.63) is 46.2 Å². The second-order valence-electron chi connectivity index (χ2n) is 8.33. The Bertz CT molecular complexity index is 1070. The van der Waals surface area contributed by atoms with E-state index in [0.717, 1.165) is 0 Å². The summed E-state index contributed by atoms with van der Waals surface area (Å²) in [5.41, 5.74) is 9.48. The van der Waals surface area contributed by atoms with Crippen LogP contribution in [0.1, 0.15) is 17.5 Å². The van der Waals surface area contributed by atoms with Crippen LogP contribution in [0, 0.1) is 11.8 Å². The summed E-state index contributed by atoms with van der Waals surface area (Å²) in [5.74, 6) is -5.85. The number of aliphatic hydroxyl groups excluding tert-OH is 2. The molecule has 30 heavy (non-hydrogen) atoms. The van der Waals surface area contributed by atoms with Crippen LogP contribution < -0.4 is 11.5 Å². The van der Waals surface area contributed by atoms with E-state index in [1.54, 1.807) is 32.3 Å². The molecular formula is C21H23N3O6. The van der Waals surface area contributed by atoms with Crippen molar-refractivity contribution < 1.29 is 29.7 Å². The fourth-order valence-corrected chi connectivity index (χ4v) is 5.20. The van der Waals surface area contributed by atoms with Gasteiger partial charge in [0.25, 0.3) is 5.91 Å². The molecule has 0 unspecified atom stereocenters. The molecule has 1 aromatic rings. The summed E-state index contributed by atoms with van der Waals surface area (Å²) in [6.07, 6.45) is 0.446. The molecule has 4 atom stereocenters. The van der Waals surface area contributed by atoms with E-state index in [2.05, 4.69) is 0 Å². The van der Waals surface area contributed by atoms with Crippen molar-refractivity contribution in [2.75, 3.05) is 19.8 Å². The predicted octanol–water partition coefficient (Wildman–Crippen LogP) is -0.159. The van der Waals surface area contributed by atoms with Gasteiger partial charge in [0.15, 0.2) is 11.4 Å². The lowest BCUT2D eigenvalue weighted by atomic mass is 9.57. The molecule has 1 saturated carbocycles. The number of ketones is 2. The van der Waals surface area contributed by atoms with Crippen molar-refractivity contribution in [2.24, 2.45) is 17.6 Å². The van der Waals surface area contributed by atoms with E-state index in [1.165, 1.54) is 4.90 Å². The highest BCUT2D eigenvalue weighted by Crippen LogP contribution is 2.52. The first-order valence-electron chi connectivity index (χ1n) is 9.53. The zero-order chi connectivity index (χ0) is 22.1. The molecule has 0 bridgehead atoms. The average molecular weight is 413 g/mol. The maximum atomic E-state index is 13.5. The third-order valence-electron chi connectivity index (χ3n) is 6.54. The molecule has 3 aliphatic carbocycles. The minimum absolute atomic E-state index is 0.0472. The topological polar surface area (TPSA) is 167 Å². The Morgan fingerprint density at radius 1 is 1.23 bits per heavy atom. The van der Waals surface area contributed by atoms with Gasteiger partial charge in [-0.05, 0) is 44.5 Å². The number of primary amides is 1. The normalized spacial score (nSPS) is 30.9. The van der Waals surface area contributed by atoms with Crippen molar-refractivity contribution in [1.29, 1.82) is 0 Å². The molecule has 0 saturated heterocycles. The number of aliphatic hydroxyl groups is 3. The number of Topliss-reactive ketones (excluding diaryl/α,β-unsaturated/α-hetero) is 2. The first kappa shape index (κ1) is 20.1. The highest BCUT2D eigenvalue weighted by molar-refractivity contribution is 6.24. The number of carbonyl (C=O) groups excluding carboxylic acids is 3. The number of amides is 1. The molecule has 9 heteroatoms. The summed E-state index contributed by atoms with van der Waals surface area (Å²) in [6, 6.07) is 3.89. The largest absolute Gasteiger partial charge is 0.508 e. The minimum Gasteiger partial charge on any atom is -0.508 e. The molecule has 1 amide bonds. The zero-order valence-corrected chi connectivity index (χ0v) is 16.5. The smallest absolute Gasteiger partial charge is 0.255 e. The lowest BCUT2D eigenvalue weighted by Gasteiger charge is -2.50. The van der Waals surface area contributed by atoms with Gasteiger partial charge in [-0.25, -0.2) is 0 Å². The number of carbonyl (C=O) groups is 3. The molecule has 158 valence electrons. The lowest BCUT2D eigenvalue weighted by Crippen LogP contribution is -2.65. The monoisotopic (exact) mass is 413 g/mol. The van der Waals surface area contributed by atoms with Crippen LogP contribution in [-0.2, 0) is 20.8 Å². The van der Waals surface area contributed by atoms with E-state index in [-0.39, 0.29) is 17.8 Å². The summed E-state index contributed by atoms with van der Waals surface area (Å²) in [4.78, 5) is 39.8. The molecule has 0 heterocycles. The molecule has 0 spiro atoms. The second-order valence-corrected chi connectivity index (χ2v) is 8.33. The molecule has 1 fully saturated rings. The first-order valence-corrected chi connectivity index (χ1v) is 9.53. The molecule has 3 aliphatic rings. The number of likely N-dealkylation sites (N-methyl/N-ethyl adjacent to an activating group) is 1. The van der Waals surface area contributed by atoms with Gasteiger partial charge >= 0.3 is 0 Å². The van der Waals surface area contributed by atoms with E-state index in [1.807, 2.05) is 0 Å². The summed E-state index contributed by atoms with van der Waals surface area (Å²) < 4.78 is 0. The maximum absolute atomic E-state index is 13.5. The molecular weight excluding hydrogens is 390 g/mol. The molecule has 9 nitrogen and oxygen atoms in total. The van der Waals surface area contributed by atoms with Crippen LogP contribution in [0.3, 0.4) is 0 Å². The number of nitrogen functional groups attached to an aromatic ring is 1.